The highest BCUT2D eigenvalue weighted by Crippen LogP contribution is 2.31. The van der Waals surface area contributed by atoms with Gasteiger partial charge in [-0.2, -0.15) is 0 Å². The topological polar surface area (TPSA) is 82.0 Å². The molecule has 4 rings (SSSR count). The van der Waals surface area contributed by atoms with Crippen molar-refractivity contribution in [2.75, 3.05) is 62.2 Å². The molecule has 2 aliphatic heterocycles. The van der Waals surface area contributed by atoms with E-state index in [0.717, 1.165) is 52.0 Å². The summed E-state index contributed by atoms with van der Waals surface area (Å²) < 4.78 is 0. The Bertz CT molecular complexity index is 982. The zero-order valence-corrected chi connectivity index (χ0v) is 20.0. The maximum absolute atomic E-state index is 12.6. The van der Waals surface area contributed by atoms with E-state index in [9.17, 15) is 14.9 Å². The number of piperazine rings is 1. The number of amides is 1. The molecule has 2 aromatic carbocycles. The van der Waals surface area contributed by atoms with Crippen LogP contribution in [0.3, 0.4) is 0 Å². The van der Waals surface area contributed by atoms with Gasteiger partial charge in [-0.1, -0.05) is 24.3 Å². The van der Waals surface area contributed by atoms with E-state index in [1.165, 1.54) is 17.3 Å². The number of hydrogen-bond acceptors (Lipinski definition) is 6. The molecule has 8 heteroatoms. The third-order valence-electron chi connectivity index (χ3n) is 6.97. The molecule has 182 valence electrons. The van der Waals surface area contributed by atoms with Crippen molar-refractivity contribution < 1.29 is 9.72 Å². The number of carbonyl (C=O) groups excluding carboxylic acids is 1. The largest absolute Gasteiger partial charge is 0.369 e. The molecular weight excluding hydrogens is 430 g/mol. The lowest BCUT2D eigenvalue weighted by Crippen LogP contribution is -2.47. The Morgan fingerprint density at radius 1 is 1.00 bits per heavy atom. The number of anilines is 2. The predicted octanol–water partition coefficient (Wildman–Crippen LogP) is 3.45. The van der Waals surface area contributed by atoms with Crippen LogP contribution in [0.15, 0.2) is 48.5 Å². The van der Waals surface area contributed by atoms with Crippen LogP contribution in [0.1, 0.15) is 24.8 Å². The van der Waals surface area contributed by atoms with Gasteiger partial charge in [0.05, 0.1) is 4.92 Å². The number of benzene rings is 2. The molecule has 34 heavy (non-hydrogen) atoms. The smallest absolute Gasteiger partial charge is 0.292 e. The molecule has 0 spiro atoms. The van der Waals surface area contributed by atoms with Gasteiger partial charge in [-0.15, -0.1) is 0 Å². The van der Waals surface area contributed by atoms with Crippen molar-refractivity contribution in [3.8, 4) is 0 Å². The first-order valence-electron chi connectivity index (χ1n) is 12.3. The maximum Gasteiger partial charge on any atom is 0.292 e. The summed E-state index contributed by atoms with van der Waals surface area (Å²) in [6.07, 6.45) is 2.39. The molecule has 2 heterocycles. The van der Waals surface area contributed by atoms with Gasteiger partial charge in [-0.25, -0.2) is 0 Å². The average Bonchev–Trinajstić information content (AvgIpc) is 2.87. The summed E-state index contributed by atoms with van der Waals surface area (Å²) in [6.45, 7) is 9.31. The number of hydrogen-bond donors (Lipinski definition) is 1. The van der Waals surface area contributed by atoms with Gasteiger partial charge in [0.15, 0.2) is 0 Å². The minimum atomic E-state index is -0.337. The highest BCUT2D eigenvalue weighted by molar-refractivity contribution is 5.79. The maximum atomic E-state index is 12.6. The summed E-state index contributed by atoms with van der Waals surface area (Å²) >= 11 is 0. The number of carbonyl (C=O) groups is 1. The highest BCUT2D eigenvalue weighted by Gasteiger charge is 2.28. The molecule has 0 atom stereocenters. The lowest BCUT2D eigenvalue weighted by atomic mass is 9.95. The fraction of sp³-hybridized carbons (Fsp3) is 0.500. The van der Waals surface area contributed by atoms with E-state index in [2.05, 4.69) is 46.3 Å². The van der Waals surface area contributed by atoms with Gasteiger partial charge in [-0.3, -0.25) is 19.8 Å². The first-order chi connectivity index (χ1) is 16.5. The van der Waals surface area contributed by atoms with E-state index >= 15 is 0 Å². The van der Waals surface area contributed by atoms with Crippen LogP contribution in [-0.4, -0.2) is 68.1 Å². The molecule has 2 aromatic rings. The van der Waals surface area contributed by atoms with Crippen LogP contribution in [0.2, 0.25) is 0 Å². The van der Waals surface area contributed by atoms with E-state index in [4.69, 9.17) is 0 Å². The number of aryl methyl sites for hydroxylation is 1. The highest BCUT2D eigenvalue weighted by atomic mass is 16.6. The number of nitrogens with zero attached hydrogens (tertiary/aromatic N) is 4. The Morgan fingerprint density at radius 3 is 2.44 bits per heavy atom. The number of rotatable bonds is 8. The van der Waals surface area contributed by atoms with Crippen LogP contribution >= 0.6 is 0 Å². The van der Waals surface area contributed by atoms with Gasteiger partial charge in [-0.05, 0) is 56.5 Å². The Morgan fingerprint density at radius 2 is 1.74 bits per heavy atom. The Hall–Kier alpha value is -3.13. The monoisotopic (exact) mass is 465 g/mol. The van der Waals surface area contributed by atoms with Gasteiger partial charge in [0, 0.05) is 63.5 Å². The number of nitro benzene ring substituents is 1. The zero-order chi connectivity index (χ0) is 23.9. The Kier molecular flexibility index (Phi) is 8.00. The molecule has 0 aromatic heterocycles. The van der Waals surface area contributed by atoms with Crippen molar-refractivity contribution in [1.29, 1.82) is 0 Å². The standard InChI is InChI=1S/C26H35N5O3/c1-21-6-4-7-23(20-21)29-18-16-28(17-19-29)13-5-12-27-26(32)22-10-14-30(15-11-22)24-8-2-3-9-25(24)31(33)34/h2-4,6-9,20,22H,5,10-19H2,1H3,(H,27,32). The van der Waals surface area contributed by atoms with Crippen LogP contribution in [0.5, 0.6) is 0 Å². The first kappa shape index (κ1) is 24.0. The Labute approximate surface area is 201 Å². The quantitative estimate of drug-likeness (QED) is 0.365. The van der Waals surface area contributed by atoms with Gasteiger partial charge in [0.2, 0.25) is 5.91 Å². The summed E-state index contributed by atoms with van der Waals surface area (Å²) in [7, 11) is 0. The second-order valence-electron chi connectivity index (χ2n) is 9.32. The van der Waals surface area contributed by atoms with Gasteiger partial charge in [0.25, 0.3) is 5.69 Å². The summed E-state index contributed by atoms with van der Waals surface area (Å²) in [5, 5.41) is 14.4. The minimum Gasteiger partial charge on any atom is -0.369 e. The molecule has 8 nitrogen and oxygen atoms in total. The summed E-state index contributed by atoms with van der Waals surface area (Å²) in [5.74, 6) is 0.100. The number of para-hydroxylation sites is 2. The number of nitro groups is 1. The van der Waals surface area contributed by atoms with Crippen molar-refractivity contribution in [1.82, 2.24) is 10.2 Å². The van der Waals surface area contributed by atoms with E-state index in [1.54, 1.807) is 12.1 Å². The molecule has 1 amide bonds. The fourth-order valence-electron chi connectivity index (χ4n) is 4.98. The van der Waals surface area contributed by atoms with E-state index in [-0.39, 0.29) is 22.4 Å². The zero-order valence-electron chi connectivity index (χ0n) is 20.0. The lowest BCUT2D eigenvalue weighted by molar-refractivity contribution is -0.384. The SMILES string of the molecule is Cc1cccc(N2CCN(CCCNC(=O)C3CCN(c4ccccc4[N+](=O)[O-])CC3)CC2)c1. The molecule has 2 fully saturated rings. The summed E-state index contributed by atoms with van der Waals surface area (Å²) in [5.41, 5.74) is 3.38. The van der Waals surface area contributed by atoms with E-state index in [1.807, 2.05) is 11.0 Å². The average molecular weight is 466 g/mol. The summed E-state index contributed by atoms with van der Waals surface area (Å²) in [6, 6.07) is 15.5. The van der Waals surface area contributed by atoms with Crippen molar-refractivity contribution in [2.45, 2.75) is 26.2 Å². The van der Waals surface area contributed by atoms with Crippen molar-refractivity contribution in [3.05, 3.63) is 64.2 Å². The third-order valence-corrected chi connectivity index (χ3v) is 6.97. The molecule has 2 aliphatic rings. The number of nitrogens with one attached hydrogen (secondary N) is 1. The van der Waals surface area contributed by atoms with Crippen LogP contribution < -0.4 is 15.1 Å². The molecule has 0 saturated carbocycles. The lowest BCUT2D eigenvalue weighted by Gasteiger charge is -2.36. The predicted molar refractivity (Wildman–Crippen MR) is 135 cm³/mol. The second kappa shape index (κ2) is 11.3. The Balaban J connectivity index is 1.13. The first-order valence-corrected chi connectivity index (χ1v) is 12.3. The normalized spacial score (nSPS) is 17.6. The van der Waals surface area contributed by atoms with Crippen LogP contribution in [-0.2, 0) is 4.79 Å². The molecule has 0 aliphatic carbocycles. The molecule has 0 bridgehead atoms. The number of piperidine rings is 1. The van der Waals surface area contributed by atoms with E-state index in [0.29, 0.717) is 25.3 Å². The van der Waals surface area contributed by atoms with E-state index < -0.39 is 0 Å². The second-order valence-corrected chi connectivity index (χ2v) is 9.32. The molecule has 2 saturated heterocycles. The van der Waals surface area contributed by atoms with Gasteiger partial charge < -0.3 is 15.1 Å². The van der Waals surface area contributed by atoms with Crippen molar-refractivity contribution in [2.24, 2.45) is 5.92 Å². The van der Waals surface area contributed by atoms with Gasteiger partial charge in [0.1, 0.15) is 5.69 Å². The molecule has 0 unspecified atom stereocenters. The van der Waals surface area contributed by atoms with Crippen LogP contribution in [0.25, 0.3) is 0 Å². The summed E-state index contributed by atoms with van der Waals surface area (Å²) in [4.78, 5) is 30.5. The third kappa shape index (κ3) is 6.05. The van der Waals surface area contributed by atoms with Gasteiger partial charge >= 0.3 is 0 Å². The molecule has 0 radical (unpaired) electrons. The van der Waals surface area contributed by atoms with Crippen LogP contribution in [0.4, 0.5) is 17.1 Å². The fourth-order valence-corrected chi connectivity index (χ4v) is 4.98. The van der Waals surface area contributed by atoms with Crippen molar-refractivity contribution in [3.63, 3.8) is 0 Å². The minimum absolute atomic E-state index is 0.0168. The van der Waals surface area contributed by atoms with Crippen LogP contribution in [0, 0.1) is 23.0 Å². The molecular formula is C26H35N5O3. The van der Waals surface area contributed by atoms with Crippen molar-refractivity contribution >= 4 is 23.0 Å². The molecule has 1 N–H and O–H groups in total.